The molecule has 0 aliphatic carbocycles. The van der Waals surface area contributed by atoms with Crippen molar-refractivity contribution in [3.8, 4) is 6.07 Å². The Hall–Kier alpha value is -1.61. The molecule has 0 aromatic heterocycles. The molecule has 6 nitrogen and oxygen atoms in total. The van der Waals surface area contributed by atoms with Gasteiger partial charge in [0, 0.05) is 19.4 Å². The van der Waals surface area contributed by atoms with Crippen molar-refractivity contribution in [1.29, 1.82) is 5.26 Å². The molecule has 0 aromatic carbocycles. The summed E-state index contributed by atoms with van der Waals surface area (Å²) in [6.07, 6.45) is 2.49. The third-order valence-electron chi connectivity index (χ3n) is 4.19. The van der Waals surface area contributed by atoms with Gasteiger partial charge >= 0.3 is 0 Å². The molecule has 0 saturated carbocycles. The maximum atomic E-state index is 12.8. The molecule has 0 radical (unpaired) electrons. The van der Waals surface area contributed by atoms with Gasteiger partial charge in [-0.05, 0) is 37.8 Å². The predicted octanol–water partition coefficient (Wildman–Crippen LogP) is 1.16. The molecule has 0 aromatic rings. The number of nitriles is 1. The molecule has 1 heterocycles. The minimum absolute atomic E-state index is 0.0587. The minimum atomic E-state index is -0.721. The van der Waals surface area contributed by atoms with Crippen molar-refractivity contribution in [3.05, 3.63) is 0 Å². The van der Waals surface area contributed by atoms with Gasteiger partial charge in [0.15, 0.2) is 0 Å². The van der Waals surface area contributed by atoms with Gasteiger partial charge in [-0.25, -0.2) is 0 Å². The molecular formula is C16H28N4O2. The zero-order chi connectivity index (χ0) is 16.8. The van der Waals surface area contributed by atoms with Crippen LogP contribution in [-0.4, -0.2) is 41.9 Å². The molecule has 1 rings (SSSR count). The van der Waals surface area contributed by atoms with Gasteiger partial charge in [-0.1, -0.05) is 20.8 Å². The molecular weight excluding hydrogens is 280 g/mol. The van der Waals surface area contributed by atoms with E-state index in [9.17, 15) is 14.9 Å². The normalized spacial score (nSPS) is 17.5. The summed E-state index contributed by atoms with van der Waals surface area (Å²) < 4.78 is 0. The van der Waals surface area contributed by atoms with Crippen molar-refractivity contribution in [2.24, 2.45) is 11.1 Å². The van der Waals surface area contributed by atoms with E-state index < -0.39 is 16.9 Å². The number of nitrogens with one attached hydrogen (secondary N) is 1. The second-order valence-corrected chi connectivity index (χ2v) is 6.92. The lowest BCUT2D eigenvalue weighted by Gasteiger charge is -2.42. The third kappa shape index (κ3) is 4.70. The smallest absolute Gasteiger partial charge is 0.224 e. The van der Waals surface area contributed by atoms with Crippen molar-refractivity contribution in [3.63, 3.8) is 0 Å². The van der Waals surface area contributed by atoms with Crippen LogP contribution in [0, 0.1) is 16.7 Å². The first kappa shape index (κ1) is 18.4. The molecule has 3 N–H and O–H groups in total. The van der Waals surface area contributed by atoms with Crippen LogP contribution >= 0.6 is 0 Å². The predicted molar refractivity (Wildman–Crippen MR) is 84.7 cm³/mol. The highest BCUT2D eigenvalue weighted by Crippen LogP contribution is 2.31. The first-order valence-corrected chi connectivity index (χ1v) is 7.97. The van der Waals surface area contributed by atoms with Crippen molar-refractivity contribution >= 4 is 11.8 Å². The van der Waals surface area contributed by atoms with Crippen LogP contribution in [0.3, 0.4) is 0 Å². The second-order valence-electron chi connectivity index (χ2n) is 6.92. The number of carbonyl (C=O) groups is 2. The van der Waals surface area contributed by atoms with E-state index in [2.05, 4.69) is 11.4 Å². The average molecular weight is 308 g/mol. The Labute approximate surface area is 133 Å². The van der Waals surface area contributed by atoms with Crippen LogP contribution in [0.25, 0.3) is 0 Å². The van der Waals surface area contributed by atoms with Crippen LogP contribution < -0.4 is 11.1 Å². The van der Waals surface area contributed by atoms with Gasteiger partial charge in [-0.15, -0.1) is 0 Å². The lowest BCUT2D eigenvalue weighted by Crippen LogP contribution is -2.56. The van der Waals surface area contributed by atoms with E-state index in [4.69, 9.17) is 5.73 Å². The average Bonchev–Trinajstić information content (AvgIpc) is 2.43. The molecule has 0 spiro atoms. The SMILES string of the molecule is CCCN(C(=O)CC(C)(C)CC(N)=O)C1(C#N)CCNCC1. The Kier molecular flexibility index (Phi) is 6.36. The Bertz CT molecular complexity index is 448. The fraction of sp³-hybridized carbons (Fsp3) is 0.812. The van der Waals surface area contributed by atoms with Crippen LogP contribution in [0.5, 0.6) is 0 Å². The van der Waals surface area contributed by atoms with E-state index in [1.807, 2.05) is 20.8 Å². The Morgan fingerprint density at radius 3 is 2.36 bits per heavy atom. The number of rotatable bonds is 7. The highest BCUT2D eigenvalue weighted by Gasteiger charge is 2.41. The van der Waals surface area contributed by atoms with E-state index in [0.29, 0.717) is 19.4 Å². The number of amides is 2. The molecule has 1 saturated heterocycles. The monoisotopic (exact) mass is 308 g/mol. The number of carbonyl (C=O) groups excluding carboxylic acids is 2. The summed E-state index contributed by atoms with van der Waals surface area (Å²) in [5.41, 5.74) is 4.05. The maximum Gasteiger partial charge on any atom is 0.224 e. The summed E-state index contributed by atoms with van der Waals surface area (Å²) in [4.78, 5) is 25.7. The lowest BCUT2D eigenvalue weighted by atomic mass is 9.82. The molecule has 1 aliphatic heterocycles. The zero-order valence-corrected chi connectivity index (χ0v) is 13.9. The largest absolute Gasteiger partial charge is 0.370 e. The molecule has 0 bridgehead atoms. The summed E-state index contributed by atoms with van der Waals surface area (Å²) in [6, 6.07) is 2.38. The number of hydrogen-bond acceptors (Lipinski definition) is 4. The summed E-state index contributed by atoms with van der Waals surface area (Å²) in [5, 5.41) is 12.9. The lowest BCUT2D eigenvalue weighted by molar-refractivity contribution is -0.139. The van der Waals surface area contributed by atoms with E-state index in [0.717, 1.165) is 19.5 Å². The number of hydrogen-bond donors (Lipinski definition) is 2. The summed E-state index contributed by atoms with van der Waals surface area (Å²) in [5.74, 6) is -0.465. The van der Waals surface area contributed by atoms with Crippen LogP contribution in [0.4, 0.5) is 0 Å². The van der Waals surface area contributed by atoms with Crippen molar-refractivity contribution < 1.29 is 9.59 Å². The minimum Gasteiger partial charge on any atom is -0.370 e. The molecule has 1 aliphatic rings. The Balaban J connectivity index is 2.92. The van der Waals surface area contributed by atoms with Crippen molar-refractivity contribution in [2.75, 3.05) is 19.6 Å². The first-order chi connectivity index (χ1) is 10.3. The number of nitrogens with zero attached hydrogens (tertiary/aromatic N) is 2. The number of piperidine rings is 1. The van der Waals surface area contributed by atoms with Crippen molar-refractivity contribution in [2.45, 2.75) is 58.4 Å². The van der Waals surface area contributed by atoms with Gasteiger partial charge in [0.1, 0.15) is 5.54 Å². The fourth-order valence-corrected chi connectivity index (χ4v) is 3.12. The summed E-state index contributed by atoms with van der Waals surface area (Å²) >= 11 is 0. The van der Waals surface area contributed by atoms with E-state index in [1.165, 1.54) is 0 Å². The number of primary amides is 1. The third-order valence-corrected chi connectivity index (χ3v) is 4.19. The molecule has 2 amide bonds. The van der Waals surface area contributed by atoms with Crippen LogP contribution in [0.15, 0.2) is 0 Å². The Morgan fingerprint density at radius 2 is 1.91 bits per heavy atom. The molecule has 0 atom stereocenters. The maximum absolute atomic E-state index is 12.8. The molecule has 1 fully saturated rings. The van der Waals surface area contributed by atoms with Gasteiger partial charge in [-0.3, -0.25) is 9.59 Å². The molecule has 124 valence electrons. The molecule has 22 heavy (non-hydrogen) atoms. The topological polar surface area (TPSA) is 99.2 Å². The first-order valence-electron chi connectivity index (χ1n) is 7.97. The fourth-order valence-electron chi connectivity index (χ4n) is 3.12. The van der Waals surface area contributed by atoms with Crippen LogP contribution in [-0.2, 0) is 9.59 Å². The van der Waals surface area contributed by atoms with E-state index in [-0.39, 0.29) is 18.7 Å². The Morgan fingerprint density at radius 1 is 1.32 bits per heavy atom. The quantitative estimate of drug-likeness (QED) is 0.737. The summed E-state index contributed by atoms with van der Waals surface area (Å²) in [7, 11) is 0. The standard InChI is InChI=1S/C16H28N4O2/c1-4-9-20(16(12-17)5-7-19-8-6-16)14(22)11-15(2,3)10-13(18)21/h19H,4-11H2,1-3H3,(H2,18,21). The zero-order valence-electron chi connectivity index (χ0n) is 13.9. The second kappa shape index (κ2) is 7.59. The van der Waals surface area contributed by atoms with Gasteiger partial charge < -0.3 is 16.0 Å². The van der Waals surface area contributed by atoms with Crippen molar-refractivity contribution in [1.82, 2.24) is 10.2 Å². The van der Waals surface area contributed by atoms with Crippen LogP contribution in [0.1, 0.15) is 52.9 Å². The van der Waals surface area contributed by atoms with Crippen LogP contribution in [0.2, 0.25) is 0 Å². The van der Waals surface area contributed by atoms with Gasteiger partial charge in [0.2, 0.25) is 11.8 Å². The van der Waals surface area contributed by atoms with E-state index in [1.54, 1.807) is 4.90 Å². The number of nitrogens with two attached hydrogens (primary N) is 1. The van der Waals surface area contributed by atoms with Gasteiger partial charge in [0.25, 0.3) is 0 Å². The molecule has 6 heteroatoms. The van der Waals surface area contributed by atoms with E-state index >= 15 is 0 Å². The van der Waals surface area contributed by atoms with Gasteiger partial charge in [-0.2, -0.15) is 5.26 Å². The molecule has 0 unspecified atom stereocenters. The summed E-state index contributed by atoms with van der Waals surface area (Å²) in [6.45, 7) is 7.78. The van der Waals surface area contributed by atoms with Gasteiger partial charge in [0.05, 0.1) is 6.07 Å². The highest BCUT2D eigenvalue weighted by atomic mass is 16.2. The highest BCUT2D eigenvalue weighted by molar-refractivity contribution is 5.80.